The van der Waals surface area contributed by atoms with E-state index in [1.807, 2.05) is 0 Å². The number of benzene rings is 1. The summed E-state index contributed by atoms with van der Waals surface area (Å²) < 4.78 is 11.6. The number of aromatic nitrogens is 1. The van der Waals surface area contributed by atoms with Gasteiger partial charge < -0.3 is 14.6 Å². The van der Waals surface area contributed by atoms with Crippen LogP contribution in [0.25, 0.3) is 0 Å². The number of hydrogen-bond donors (Lipinski definition) is 1. The Morgan fingerprint density at radius 3 is 2.74 bits per heavy atom. The van der Waals surface area contributed by atoms with Crippen LogP contribution in [-0.2, 0) is 0 Å². The fourth-order valence-electron chi connectivity index (χ4n) is 1.60. The smallest absolute Gasteiger partial charge is 0.225 e. The molecule has 0 aliphatic carbocycles. The van der Waals surface area contributed by atoms with Crippen molar-refractivity contribution in [1.82, 2.24) is 4.98 Å². The van der Waals surface area contributed by atoms with Crippen molar-refractivity contribution in [3.05, 3.63) is 46.6 Å². The van der Waals surface area contributed by atoms with E-state index in [1.165, 1.54) is 0 Å². The van der Waals surface area contributed by atoms with Crippen LogP contribution in [0.5, 0.6) is 17.4 Å². The maximum Gasteiger partial charge on any atom is 0.225 e. The Bertz CT molecular complexity index is 572. The van der Waals surface area contributed by atoms with Crippen LogP contribution in [0.1, 0.15) is 18.6 Å². The minimum absolute atomic E-state index is 0.392. The van der Waals surface area contributed by atoms with Gasteiger partial charge in [0, 0.05) is 11.8 Å². The fraction of sp³-hybridized carbons (Fsp3) is 0.214. The molecule has 0 saturated carbocycles. The van der Waals surface area contributed by atoms with Crippen molar-refractivity contribution in [3.63, 3.8) is 0 Å². The van der Waals surface area contributed by atoms with E-state index in [1.54, 1.807) is 50.6 Å². The summed E-state index contributed by atoms with van der Waals surface area (Å²) in [5.74, 6) is 1.74. The third-order valence-corrected chi connectivity index (χ3v) is 3.22. The second-order valence-corrected chi connectivity index (χ2v) is 4.83. The molecule has 4 nitrogen and oxygen atoms in total. The number of nitrogens with zero attached hydrogens (tertiary/aromatic N) is 1. The van der Waals surface area contributed by atoms with Gasteiger partial charge in [-0.2, -0.15) is 0 Å². The van der Waals surface area contributed by atoms with E-state index < -0.39 is 6.10 Å². The third-order valence-electron chi connectivity index (χ3n) is 2.60. The molecule has 0 saturated heterocycles. The zero-order valence-electron chi connectivity index (χ0n) is 10.6. The molecule has 1 N–H and O–H groups in total. The van der Waals surface area contributed by atoms with Crippen LogP contribution in [0.15, 0.2) is 41.0 Å². The van der Waals surface area contributed by atoms with Gasteiger partial charge in [-0.3, -0.25) is 0 Å². The number of rotatable bonds is 4. The summed E-state index contributed by atoms with van der Waals surface area (Å²) in [7, 11) is 1.60. The topological polar surface area (TPSA) is 51.6 Å². The van der Waals surface area contributed by atoms with Gasteiger partial charge in [0.05, 0.1) is 17.7 Å². The first-order valence-corrected chi connectivity index (χ1v) is 6.55. The SMILES string of the molecule is COc1ccc(Oc2ncccc2[C@H](C)O)c(Br)c1. The number of hydrogen-bond acceptors (Lipinski definition) is 4. The second kappa shape index (κ2) is 6.04. The van der Waals surface area contributed by atoms with Crippen molar-refractivity contribution in [3.8, 4) is 17.4 Å². The fourth-order valence-corrected chi connectivity index (χ4v) is 2.04. The Kier molecular flexibility index (Phi) is 4.39. The Hall–Kier alpha value is -1.59. The van der Waals surface area contributed by atoms with Crippen LogP contribution >= 0.6 is 15.9 Å². The number of aliphatic hydroxyl groups excluding tert-OH is 1. The summed E-state index contributed by atoms with van der Waals surface area (Å²) in [6.45, 7) is 1.67. The highest BCUT2D eigenvalue weighted by Gasteiger charge is 2.12. The molecule has 0 spiro atoms. The molecule has 0 amide bonds. The maximum absolute atomic E-state index is 9.68. The normalized spacial score (nSPS) is 12.0. The molecular formula is C14H14BrNO3. The first kappa shape index (κ1) is 13.8. The van der Waals surface area contributed by atoms with E-state index in [2.05, 4.69) is 20.9 Å². The van der Waals surface area contributed by atoms with Crippen molar-refractivity contribution >= 4 is 15.9 Å². The van der Waals surface area contributed by atoms with Gasteiger partial charge in [-0.25, -0.2) is 4.98 Å². The number of pyridine rings is 1. The molecule has 0 radical (unpaired) electrons. The summed E-state index contributed by atoms with van der Waals surface area (Å²) in [6, 6.07) is 8.93. The van der Waals surface area contributed by atoms with E-state index in [0.29, 0.717) is 17.2 Å². The molecule has 5 heteroatoms. The van der Waals surface area contributed by atoms with Crippen molar-refractivity contribution in [2.24, 2.45) is 0 Å². The van der Waals surface area contributed by atoms with Gasteiger partial charge >= 0.3 is 0 Å². The van der Waals surface area contributed by atoms with E-state index >= 15 is 0 Å². The predicted molar refractivity (Wildman–Crippen MR) is 75.6 cm³/mol. The number of halogens is 1. The molecule has 2 aromatic rings. The zero-order valence-corrected chi connectivity index (χ0v) is 12.2. The van der Waals surface area contributed by atoms with Gasteiger partial charge in [0.2, 0.25) is 5.88 Å². The molecule has 0 aliphatic heterocycles. The highest BCUT2D eigenvalue weighted by Crippen LogP contribution is 2.34. The molecule has 0 unspecified atom stereocenters. The number of methoxy groups -OCH3 is 1. The van der Waals surface area contributed by atoms with Crippen molar-refractivity contribution in [1.29, 1.82) is 0 Å². The Morgan fingerprint density at radius 1 is 1.32 bits per heavy atom. The van der Waals surface area contributed by atoms with Gasteiger partial charge in [0.25, 0.3) is 0 Å². The van der Waals surface area contributed by atoms with Crippen LogP contribution in [0.3, 0.4) is 0 Å². The van der Waals surface area contributed by atoms with E-state index in [0.717, 1.165) is 10.2 Å². The summed E-state index contributed by atoms with van der Waals surface area (Å²) in [4.78, 5) is 4.14. The Morgan fingerprint density at radius 2 is 2.11 bits per heavy atom. The molecule has 19 heavy (non-hydrogen) atoms. The lowest BCUT2D eigenvalue weighted by atomic mass is 10.2. The average molecular weight is 324 g/mol. The third kappa shape index (κ3) is 3.24. The minimum atomic E-state index is -0.638. The van der Waals surface area contributed by atoms with Crippen molar-refractivity contribution in [2.75, 3.05) is 7.11 Å². The standard InChI is InChI=1S/C14H14BrNO3/c1-9(17)11-4-3-7-16-14(11)19-13-6-5-10(18-2)8-12(13)15/h3-9,17H,1-2H3/t9-/m0/s1. The summed E-state index contributed by atoms with van der Waals surface area (Å²) in [5, 5.41) is 9.68. The van der Waals surface area contributed by atoms with E-state index in [9.17, 15) is 5.11 Å². The zero-order chi connectivity index (χ0) is 13.8. The molecule has 0 bridgehead atoms. The molecule has 0 fully saturated rings. The Balaban J connectivity index is 2.31. The number of ether oxygens (including phenoxy) is 2. The van der Waals surface area contributed by atoms with Crippen LogP contribution in [0, 0.1) is 0 Å². The average Bonchev–Trinajstić information content (AvgIpc) is 2.41. The van der Waals surface area contributed by atoms with Gasteiger partial charge in [-0.1, -0.05) is 0 Å². The predicted octanol–water partition coefficient (Wildman–Crippen LogP) is 3.70. The molecule has 0 aliphatic rings. The molecule has 1 aromatic carbocycles. The Labute approximate surface area is 120 Å². The monoisotopic (exact) mass is 323 g/mol. The van der Waals surface area contributed by atoms with Crippen LogP contribution < -0.4 is 9.47 Å². The first-order chi connectivity index (χ1) is 9.11. The van der Waals surface area contributed by atoms with Gasteiger partial charge in [0.15, 0.2) is 0 Å². The second-order valence-electron chi connectivity index (χ2n) is 3.97. The van der Waals surface area contributed by atoms with E-state index in [4.69, 9.17) is 9.47 Å². The van der Waals surface area contributed by atoms with Crippen LogP contribution in [-0.4, -0.2) is 17.2 Å². The van der Waals surface area contributed by atoms with Gasteiger partial charge in [0.1, 0.15) is 11.5 Å². The summed E-state index contributed by atoms with van der Waals surface area (Å²) >= 11 is 3.41. The van der Waals surface area contributed by atoms with Crippen LogP contribution in [0.2, 0.25) is 0 Å². The van der Waals surface area contributed by atoms with Crippen molar-refractivity contribution in [2.45, 2.75) is 13.0 Å². The largest absolute Gasteiger partial charge is 0.497 e. The van der Waals surface area contributed by atoms with Crippen LogP contribution in [0.4, 0.5) is 0 Å². The first-order valence-electron chi connectivity index (χ1n) is 5.76. The lowest BCUT2D eigenvalue weighted by molar-refractivity contribution is 0.194. The van der Waals surface area contributed by atoms with E-state index in [-0.39, 0.29) is 0 Å². The molecule has 1 atom stereocenters. The quantitative estimate of drug-likeness (QED) is 0.932. The molecule has 100 valence electrons. The molecule has 1 heterocycles. The lowest BCUT2D eigenvalue weighted by Gasteiger charge is -2.13. The maximum atomic E-state index is 9.68. The highest BCUT2D eigenvalue weighted by atomic mass is 79.9. The van der Waals surface area contributed by atoms with Gasteiger partial charge in [-0.15, -0.1) is 0 Å². The van der Waals surface area contributed by atoms with Crippen molar-refractivity contribution < 1.29 is 14.6 Å². The lowest BCUT2D eigenvalue weighted by Crippen LogP contribution is -1.98. The molecule has 2 rings (SSSR count). The highest BCUT2D eigenvalue weighted by molar-refractivity contribution is 9.10. The minimum Gasteiger partial charge on any atom is -0.497 e. The molecular weight excluding hydrogens is 310 g/mol. The summed E-state index contributed by atoms with van der Waals surface area (Å²) in [6.07, 6.45) is 0.985. The molecule has 1 aromatic heterocycles. The number of aliphatic hydroxyl groups is 1. The van der Waals surface area contributed by atoms with Gasteiger partial charge in [-0.05, 0) is 53.2 Å². The summed E-state index contributed by atoms with van der Waals surface area (Å²) in [5.41, 5.74) is 0.644.